The number of benzene rings is 9. The van der Waals surface area contributed by atoms with E-state index in [9.17, 15) is 0 Å². The molecule has 0 amide bonds. The van der Waals surface area contributed by atoms with Crippen LogP contribution in [0.5, 0.6) is 0 Å². The molecule has 9 aromatic rings. The fourth-order valence-electron chi connectivity index (χ4n) is 13.6. The first-order valence-electron chi connectivity index (χ1n) is 21.5. The summed E-state index contributed by atoms with van der Waals surface area (Å²) in [5, 5.41) is 7.89. The number of rotatable bonds is 4. The Labute approximate surface area is 339 Å². The van der Waals surface area contributed by atoms with Crippen molar-refractivity contribution in [2.24, 2.45) is 23.7 Å². The second-order valence-corrected chi connectivity index (χ2v) is 18.1. The summed E-state index contributed by atoms with van der Waals surface area (Å²) >= 11 is 0. The number of nitrogens with zero attached hydrogens (tertiary/aromatic N) is 2. The first-order valence-corrected chi connectivity index (χ1v) is 21.5. The minimum Gasteiger partial charge on any atom is -0.310 e. The van der Waals surface area contributed by atoms with Crippen molar-refractivity contribution in [3.8, 4) is 22.3 Å². The molecule has 276 valence electrons. The van der Waals surface area contributed by atoms with Gasteiger partial charge in [-0.25, -0.2) is 0 Å². The molecule has 2 nitrogen and oxygen atoms in total. The van der Waals surface area contributed by atoms with Gasteiger partial charge in [-0.3, -0.25) is 0 Å². The van der Waals surface area contributed by atoms with E-state index in [0.29, 0.717) is 0 Å². The maximum Gasteiger partial charge on any atom is 0.0547 e. The van der Waals surface area contributed by atoms with Crippen LogP contribution in [-0.4, -0.2) is 0 Å². The molecule has 15 rings (SSSR count). The van der Waals surface area contributed by atoms with Crippen LogP contribution in [0.15, 0.2) is 170 Å². The van der Waals surface area contributed by atoms with Gasteiger partial charge in [-0.15, -0.1) is 0 Å². The van der Waals surface area contributed by atoms with Crippen LogP contribution >= 0.6 is 0 Å². The number of para-hydroxylation sites is 3. The number of fused-ring (bicyclic) bond motifs is 5. The monoisotopic (exact) mass is 742 g/mol. The van der Waals surface area contributed by atoms with Crippen LogP contribution in [0.1, 0.15) is 43.2 Å². The van der Waals surface area contributed by atoms with Crippen LogP contribution in [0.2, 0.25) is 0 Å². The predicted octanol–water partition coefficient (Wildman–Crippen LogP) is 15.2. The van der Waals surface area contributed by atoms with Crippen LogP contribution in [-0.2, 0) is 5.41 Å². The molecule has 0 atom stereocenters. The van der Waals surface area contributed by atoms with E-state index in [1.54, 1.807) is 11.1 Å². The van der Waals surface area contributed by atoms with Gasteiger partial charge < -0.3 is 9.80 Å². The Kier molecular flexibility index (Phi) is 6.22. The molecular formula is C56H42N2. The quantitative estimate of drug-likeness (QED) is 0.166. The largest absolute Gasteiger partial charge is 0.310 e. The Bertz CT molecular complexity index is 3080. The topological polar surface area (TPSA) is 6.48 Å². The molecule has 2 heteroatoms. The molecule has 9 aromatic carbocycles. The van der Waals surface area contributed by atoms with Gasteiger partial charge >= 0.3 is 0 Å². The SMILES string of the molecule is c1ccc(N(c2ccccc2)c2ccc3cc4c5c(ccc6ccc2c3c65)N(c2ccc3c(c2)C2(c5ccccc5-3)C3CC5CC(C3)CC2C5)c2ccccc2-4)cc1. The molecule has 58 heavy (non-hydrogen) atoms. The number of hydrogen-bond acceptors (Lipinski definition) is 2. The molecule has 0 unspecified atom stereocenters. The average molecular weight is 743 g/mol. The summed E-state index contributed by atoms with van der Waals surface area (Å²) in [6.45, 7) is 0. The summed E-state index contributed by atoms with van der Waals surface area (Å²) in [7, 11) is 0. The van der Waals surface area contributed by atoms with Crippen molar-refractivity contribution >= 4 is 66.4 Å². The zero-order valence-corrected chi connectivity index (χ0v) is 32.4. The molecule has 0 N–H and O–H groups in total. The lowest BCUT2D eigenvalue weighted by atomic mass is 9.43. The highest BCUT2D eigenvalue weighted by atomic mass is 15.2. The van der Waals surface area contributed by atoms with E-state index in [0.717, 1.165) is 35.0 Å². The van der Waals surface area contributed by atoms with Crippen molar-refractivity contribution in [1.82, 2.24) is 0 Å². The van der Waals surface area contributed by atoms with E-state index in [2.05, 4.69) is 180 Å². The standard InChI is InChI=1S/C56H42N2/c1-3-11-40(12-4-1)57(41-13-5-2-6-14-41)51-25-21-37-32-47-45-16-8-10-18-50(45)58(52-26-20-36-19-23-46(51)53(37)54(36)55(47)52)42-22-24-44-43-15-7-9-17-48(43)56(49(44)33-42)38-28-34-27-35(30-38)31-39(56)29-34/h1-26,32-35,38-39H,27-31H2. The second-order valence-electron chi connectivity index (χ2n) is 18.1. The Balaban J connectivity index is 1.02. The molecule has 1 aliphatic heterocycles. The third-order valence-electron chi connectivity index (χ3n) is 15.5. The van der Waals surface area contributed by atoms with Crippen molar-refractivity contribution < 1.29 is 0 Å². The van der Waals surface area contributed by atoms with Crippen molar-refractivity contribution in [2.45, 2.75) is 37.5 Å². The van der Waals surface area contributed by atoms with Gasteiger partial charge in [0.1, 0.15) is 0 Å². The minimum atomic E-state index is 0.123. The second kappa shape index (κ2) is 11.4. The van der Waals surface area contributed by atoms with E-state index in [-0.39, 0.29) is 5.41 Å². The summed E-state index contributed by atoms with van der Waals surface area (Å²) in [5.41, 5.74) is 16.3. The summed E-state index contributed by atoms with van der Waals surface area (Å²) in [6, 6.07) is 64.5. The number of hydrogen-bond donors (Lipinski definition) is 0. The first-order chi connectivity index (χ1) is 28.7. The fourth-order valence-corrected chi connectivity index (χ4v) is 13.6. The summed E-state index contributed by atoms with van der Waals surface area (Å²) in [6.07, 6.45) is 7.04. The molecular weight excluding hydrogens is 701 g/mol. The van der Waals surface area contributed by atoms with E-state index in [1.807, 2.05) is 0 Å². The Morgan fingerprint density at radius 2 is 1.07 bits per heavy atom. The highest BCUT2D eigenvalue weighted by molar-refractivity contribution is 6.32. The Morgan fingerprint density at radius 1 is 0.431 bits per heavy atom. The zero-order chi connectivity index (χ0) is 37.7. The zero-order valence-electron chi connectivity index (χ0n) is 32.4. The smallest absolute Gasteiger partial charge is 0.0547 e. The maximum atomic E-state index is 2.66. The molecule has 0 aromatic heterocycles. The molecule has 4 fully saturated rings. The molecule has 4 bridgehead atoms. The van der Waals surface area contributed by atoms with E-state index >= 15 is 0 Å². The normalized spacial score (nSPS) is 23.2. The maximum absolute atomic E-state index is 2.66. The van der Waals surface area contributed by atoms with Crippen LogP contribution in [0.4, 0.5) is 34.1 Å². The van der Waals surface area contributed by atoms with Crippen LogP contribution in [0.25, 0.3) is 54.6 Å². The third kappa shape index (κ3) is 3.98. The highest BCUT2D eigenvalue weighted by Gasteiger charge is 2.61. The Hall–Kier alpha value is -6.38. The summed E-state index contributed by atoms with van der Waals surface area (Å²) in [4.78, 5) is 5.03. The lowest BCUT2D eigenvalue weighted by Crippen LogP contribution is -2.55. The van der Waals surface area contributed by atoms with Gasteiger partial charge in [0.2, 0.25) is 0 Å². The molecule has 0 saturated heterocycles. The number of anilines is 6. The van der Waals surface area contributed by atoms with E-state index in [1.165, 1.54) is 109 Å². The third-order valence-corrected chi connectivity index (χ3v) is 15.5. The molecule has 4 saturated carbocycles. The van der Waals surface area contributed by atoms with Crippen LogP contribution in [0, 0.1) is 23.7 Å². The van der Waals surface area contributed by atoms with Crippen LogP contribution in [0.3, 0.4) is 0 Å². The van der Waals surface area contributed by atoms with Gasteiger partial charge in [0, 0.05) is 44.2 Å². The van der Waals surface area contributed by atoms with Crippen molar-refractivity contribution in [2.75, 3.05) is 9.80 Å². The predicted molar refractivity (Wildman–Crippen MR) is 242 cm³/mol. The molecule has 5 aliphatic carbocycles. The van der Waals surface area contributed by atoms with Crippen molar-refractivity contribution in [3.05, 3.63) is 181 Å². The Morgan fingerprint density at radius 3 is 1.83 bits per heavy atom. The van der Waals surface area contributed by atoms with Gasteiger partial charge in [-0.1, -0.05) is 109 Å². The summed E-state index contributed by atoms with van der Waals surface area (Å²) < 4.78 is 0. The van der Waals surface area contributed by atoms with E-state index in [4.69, 9.17) is 0 Å². The van der Waals surface area contributed by atoms with Gasteiger partial charge in [0.15, 0.2) is 0 Å². The van der Waals surface area contributed by atoms with Crippen LogP contribution < -0.4 is 9.80 Å². The average Bonchev–Trinajstić information content (AvgIpc) is 3.56. The summed E-state index contributed by atoms with van der Waals surface area (Å²) in [5.74, 6) is 3.31. The van der Waals surface area contributed by atoms with Gasteiger partial charge in [0.25, 0.3) is 0 Å². The van der Waals surface area contributed by atoms with E-state index < -0.39 is 0 Å². The van der Waals surface area contributed by atoms with Gasteiger partial charge in [-0.2, -0.15) is 0 Å². The minimum absolute atomic E-state index is 0.123. The lowest BCUT2D eigenvalue weighted by Gasteiger charge is -2.61. The lowest BCUT2D eigenvalue weighted by molar-refractivity contribution is -0.0399. The van der Waals surface area contributed by atoms with Crippen molar-refractivity contribution in [3.63, 3.8) is 0 Å². The molecule has 6 aliphatic rings. The molecule has 1 spiro atoms. The molecule has 1 heterocycles. The van der Waals surface area contributed by atoms with Crippen molar-refractivity contribution in [1.29, 1.82) is 0 Å². The fraction of sp³-hybridized carbons (Fsp3) is 0.179. The first kappa shape index (κ1) is 31.7. The van der Waals surface area contributed by atoms with Gasteiger partial charge in [0.05, 0.1) is 17.1 Å². The van der Waals surface area contributed by atoms with Gasteiger partial charge in [-0.05, 0) is 160 Å². The highest BCUT2D eigenvalue weighted by Crippen LogP contribution is 2.70. The molecule has 0 radical (unpaired) electrons.